The van der Waals surface area contributed by atoms with E-state index >= 15 is 0 Å². The largest absolute Gasteiger partial charge is 0.409 e. The van der Waals surface area contributed by atoms with Crippen molar-refractivity contribution in [1.29, 1.82) is 0 Å². The molecule has 0 spiro atoms. The number of oxime groups is 1. The van der Waals surface area contributed by atoms with Gasteiger partial charge < -0.3 is 10.9 Å². The fourth-order valence-corrected chi connectivity index (χ4v) is 3.16. The van der Waals surface area contributed by atoms with Gasteiger partial charge in [-0.2, -0.15) is 0 Å². The minimum absolute atomic E-state index is 0.302. The molecule has 1 aliphatic carbocycles. The fourth-order valence-electron chi connectivity index (χ4n) is 3.16. The van der Waals surface area contributed by atoms with Crippen LogP contribution in [-0.2, 0) is 0 Å². The molecule has 4 heteroatoms. The molecule has 0 amide bonds. The van der Waals surface area contributed by atoms with Gasteiger partial charge in [0.1, 0.15) is 5.84 Å². The van der Waals surface area contributed by atoms with Crippen molar-refractivity contribution < 1.29 is 5.21 Å². The van der Waals surface area contributed by atoms with Crippen LogP contribution in [0.3, 0.4) is 0 Å². The zero-order valence-corrected chi connectivity index (χ0v) is 11.0. The second kappa shape index (κ2) is 4.84. The summed E-state index contributed by atoms with van der Waals surface area (Å²) in [5.41, 5.74) is 5.96. The van der Waals surface area contributed by atoms with Crippen LogP contribution in [0.25, 0.3) is 0 Å². The van der Waals surface area contributed by atoms with Gasteiger partial charge in [0.15, 0.2) is 0 Å². The van der Waals surface area contributed by atoms with Crippen LogP contribution >= 0.6 is 0 Å². The van der Waals surface area contributed by atoms with Crippen molar-refractivity contribution in [3.63, 3.8) is 0 Å². The van der Waals surface area contributed by atoms with E-state index in [9.17, 15) is 0 Å². The maximum Gasteiger partial charge on any atom is 0.139 e. The summed E-state index contributed by atoms with van der Waals surface area (Å²) in [7, 11) is 0. The van der Waals surface area contributed by atoms with Crippen LogP contribution in [0, 0.1) is 5.41 Å². The highest BCUT2D eigenvalue weighted by Gasteiger charge is 2.46. The smallest absolute Gasteiger partial charge is 0.139 e. The number of hydrogen-bond acceptors (Lipinski definition) is 3. The number of amidine groups is 1. The summed E-state index contributed by atoms with van der Waals surface area (Å²) < 4.78 is 0. The van der Waals surface area contributed by atoms with E-state index in [1.165, 1.54) is 32.1 Å². The number of hydrogen-bond donors (Lipinski definition) is 2. The zero-order chi connectivity index (χ0) is 12.5. The van der Waals surface area contributed by atoms with Gasteiger partial charge in [-0.25, -0.2) is 0 Å². The minimum atomic E-state index is 0.302. The third-order valence-electron chi connectivity index (χ3n) is 4.54. The van der Waals surface area contributed by atoms with Crippen LogP contribution in [0.15, 0.2) is 5.16 Å². The Morgan fingerprint density at radius 2 is 1.94 bits per heavy atom. The Labute approximate surface area is 104 Å². The molecular formula is C13H25N3O. The van der Waals surface area contributed by atoms with Gasteiger partial charge >= 0.3 is 0 Å². The van der Waals surface area contributed by atoms with Gasteiger partial charge in [0.25, 0.3) is 0 Å². The molecule has 1 heterocycles. The molecule has 0 aromatic rings. The van der Waals surface area contributed by atoms with E-state index in [1.807, 2.05) is 0 Å². The molecular weight excluding hydrogens is 214 g/mol. The Kier molecular flexibility index (Phi) is 3.61. The number of likely N-dealkylation sites (tertiary alicyclic amines) is 1. The molecule has 4 nitrogen and oxygen atoms in total. The van der Waals surface area contributed by atoms with Crippen molar-refractivity contribution in [3.8, 4) is 0 Å². The minimum Gasteiger partial charge on any atom is -0.409 e. The van der Waals surface area contributed by atoms with Gasteiger partial charge in [0.05, 0.1) is 0 Å². The molecule has 0 aromatic heterocycles. The summed E-state index contributed by atoms with van der Waals surface area (Å²) in [5, 5.41) is 11.8. The SMILES string of the molecule is CC1CCCC(C)N1CC1(CC(N)=NO)CC1. The lowest BCUT2D eigenvalue weighted by atomic mass is 9.93. The van der Waals surface area contributed by atoms with Gasteiger partial charge in [-0.1, -0.05) is 11.6 Å². The van der Waals surface area contributed by atoms with E-state index in [4.69, 9.17) is 10.9 Å². The Morgan fingerprint density at radius 3 is 2.41 bits per heavy atom. The lowest BCUT2D eigenvalue weighted by Crippen LogP contribution is -2.47. The van der Waals surface area contributed by atoms with Crippen molar-refractivity contribution in [2.24, 2.45) is 16.3 Å². The molecule has 2 fully saturated rings. The molecule has 0 radical (unpaired) electrons. The number of nitrogens with zero attached hydrogens (tertiary/aromatic N) is 2. The van der Waals surface area contributed by atoms with Crippen LogP contribution in [-0.4, -0.2) is 34.6 Å². The van der Waals surface area contributed by atoms with E-state index in [1.54, 1.807) is 0 Å². The van der Waals surface area contributed by atoms with E-state index in [0.717, 1.165) is 13.0 Å². The Balaban J connectivity index is 1.95. The first-order valence-electron chi connectivity index (χ1n) is 6.78. The molecule has 1 aliphatic heterocycles. The lowest BCUT2D eigenvalue weighted by Gasteiger charge is -2.41. The van der Waals surface area contributed by atoms with Crippen molar-refractivity contribution in [2.75, 3.05) is 6.54 Å². The standard InChI is InChI=1S/C13H25N3O/c1-10-4-3-5-11(2)16(10)9-13(6-7-13)8-12(14)15-17/h10-11,17H,3-9H2,1-2H3,(H2,14,15). The first kappa shape index (κ1) is 12.7. The number of rotatable bonds is 4. The van der Waals surface area contributed by atoms with Gasteiger partial charge in [-0.15, -0.1) is 0 Å². The summed E-state index contributed by atoms with van der Waals surface area (Å²) in [5.74, 6) is 0.389. The first-order valence-corrected chi connectivity index (χ1v) is 6.78. The molecule has 2 atom stereocenters. The van der Waals surface area contributed by atoms with Crippen LogP contribution in [0.1, 0.15) is 52.4 Å². The van der Waals surface area contributed by atoms with Gasteiger partial charge in [0.2, 0.25) is 0 Å². The third kappa shape index (κ3) is 2.92. The molecule has 1 saturated carbocycles. The Morgan fingerprint density at radius 1 is 1.35 bits per heavy atom. The van der Waals surface area contributed by atoms with Crippen molar-refractivity contribution >= 4 is 5.84 Å². The van der Waals surface area contributed by atoms with Crippen LogP contribution in [0.5, 0.6) is 0 Å². The summed E-state index contributed by atoms with van der Waals surface area (Å²) in [4.78, 5) is 2.63. The quantitative estimate of drug-likeness (QED) is 0.342. The molecule has 3 N–H and O–H groups in total. The summed E-state index contributed by atoms with van der Waals surface area (Å²) in [6.45, 7) is 5.77. The maximum atomic E-state index is 8.69. The Bertz CT molecular complexity index is 289. The molecule has 2 aliphatic rings. The van der Waals surface area contributed by atoms with Crippen LogP contribution in [0.4, 0.5) is 0 Å². The zero-order valence-electron chi connectivity index (χ0n) is 11.0. The van der Waals surface area contributed by atoms with E-state index in [2.05, 4.69) is 23.9 Å². The summed E-state index contributed by atoms with van der Waals surface area (Å²) in [6.07, 6.45) is 7.16. The average molecular weight is 239 g/mol. The topological polar surface area (TPSA) is 61.8 Å². The molecule has 2 unspecified atom stereocenters. The average Bonchev–Trinajstić information content (AvgIpc) is 3.04. The number of piperidine rings is 1. The summed E-state index contributed by atoms with van der Waals surface area (Å²) >= 11 is 0. The lowest BCUT2D eigenvalue weighted by molar-refractivity contribution is 0.0794. The maximum absolute atomic E-state index is 8.69. The third-order valence-corrected chi connectivity index (χ3v) is 4.54. The Hall–Kier alpha value is -0.770. The van der Waals surface area contributed by atoms with Crippen LogP contribution < -0.4 is 5.73 Å². The van der Waals surface area contributed by atoms with E-state index in [0.29, 0.717) is 23.3 Å². The molecule has 0 bridgehead atoms. The predicted octanol–water partition coefficient (Wildman–Crippen LogP) is 2.17. The molecule has 98 valence electrons. The fraction of sp³-hybridized carbons (Fsp3) is 0.923. The normalized spacial score (nSPS) is 33.6. The second-order valence-corrected chi connectivity index (χ2v) is 6.07. The highest BCUT2D eigenvalue weighted by molar-refractivity contribution is 5.80. The summed E-state index contributed by atoms with van der Waals surface area (Å²) in [6, 6.07) is 1.37. The van der Waals surface area contributed by atoms with E-state index < -0.39 is 0 Å². The highest BCUT2D eigenvalue weighted by Crippen LogP contribution is 2.50. The predicted molar refractivity (Wildman–Crippen MR) is 69.2 cm³/mol. The van der Waals surface area contributed by atoms with Crippen molar-refractivity contribution in [3.05, 3.63) is 0 Å². The second-order valence-electron chi connectivity index (χ2n) is 6.07. The molecule has 1 saturated heterocycles. The first-order chi connectivity index (χ1) is 8.06. The van der Waals surface area contributed by atoms with Crippen molar-refractivity contribution in [2.45, 2.75) is 64.5 Å². The highest BCUT2D eigenvalue weighted by atomic mass is 16.4. The van der Waals surface area contributed by atoms with Gasteiger partial charge in [-0.05, 0) is 44.9 Å². The molecule has 17 heavy (non-hydrogen) atoms. The van der Waals surface area contributed by atoms with Crippen LogP contribution in [0.2, 0.25) is 0 Å². The molecule has 2 rings (SSSR count). The van der Waals surface area contributed by atoms with Gasteiger partial charge in [0, 0.05) is 25.0 Å². The number of nitrogens with two attached hydrogens (primary N) is 1. The molecule has 0 aromatic carbocycles. The van der Waals surface area contributed by atoms with Crippen molar-refractivity contribution in [1.82, 2.24) is 4.90 Å². The monoisotopic (exact) mass is 239 g/mol. The van der Waals surface area contributed by atoms with Gasteiger partial charge in [-0.3, -0.25) is 4.90 Å². The van der Waals surface area contributed by atoms with E-state index in [-0.39, 0.29) is 0 Å².